The molecule has 0 bridgehead atoms. The second-order valence-electron chi connectivity index (χ2n) is 3.66. The van der Waals surface area contributed by atoms with Crippen LogP contribution >= 0.6 is 11.3 Å². The van der Waals surface area contributed by atoms with E-state index in [1.165, 1.54) is 11.3 Å². The highest BCUT2D eigenvalue weighted by atomic mass is 32.2. The van der Waals surface area contributed by atoms with Gasteiger partial charge in [0.25, 0.3) is 0 Å². The van der Waals surface area contributed by atoms with Crippen LogP contribution in [0.15, 0.2) is 40.2 Å². The second-order valence-corrected chi connectivity index (χ2v) is 6.56. The number of thiophene rings is 1. The molecular formula is C11H13N3O2S2. The van der Waals surface area contributed by atoms with Gasteiger partial charge in [-0.1, -0.05) is 0 Å². The van der Waals surface area contributed by atoms with E-state index in [4.69, 9.17) is 5.73 Å². The molecule has 0 saturated heterocycles. The number of rotatable bonds is 5. The van der Waals surface area contributed by atoms with Crippen LogP contribution in [-0.4, -0.2) is 13.4 Å². The van der Waals surface area contributed by atoms with Crippen molar-refractivity contribution in [3.63, 3.8) is 0 Å². The Bertz CT molecular complexity index is 608. The second kappa shape index (κ2) is 5.57. The van der Waals surface area contributed by atoms with E-state index in [1.807, 2.05) is 0 Å². The van der Waals surface area contributed by atoms with E-state index in [-0.39, 0.29) is 10.8 Å². The highest BCUT2D eigenvalue weighted by Gasteiger charge is 2.15. The number of pyridine rings is 1. The summed E-state index contributed by atoms with van der Waals surface area (Å²) >= 11 is 1.17. The third-order valence-corrected chi connectivity index (χ3v) is 5.24. The van der Waals surface area contributed by atoms with Crippen molar-refractivity contribution < 1.29 is 8.42 Å². The summed E-state index contributed by atoms with van der Waals surface area (Å²) in [6.45, 7) is 0.594. The van der Waals surface area contributed by atoms with E-state index in [0.29, 0.717) is 6.54 Å². The molecule has 3 N–H and O–H groups in total. The van der Waals surface area contributed by atoms with Gasteiger partial charge >= 0.3 is 0 Å². The molecule has 2 aromatic heterocycles. The Hall–Kier alpha value is -1.28. The Morgan fingerprint density at radius 2 is 2.00 bits per heavy atom. The van der Waals surface area contributed by atoms with Crippen LogP contribution < -0.4 is 10.5 Å². The fourth-order valence-electron chi connectivity index (χ4n) is 1.35. The average molecular weight is 283 g/mol. The molecule has 0 radical (unpaired) electrons. The Labute approximate surface area is 110 Å². The molecule has 0 aliphatic heterocycles. The number of nitrogens with zero attached hydrogens (tertiary/aromatic N) is 1. The van der Waals surface area contributed by atoms with Crippen molar-refractivity contribution in [2.45, 2.75) is 17.3 Å². The molecule has 0 unspecified atom stereocenters. The van der Waals surface area contributed by atoms with Crippen molar-refractivity contribution in [2.75, 3.05) is 0 Å². The highest BCUT2D eigenvalue weighted by Crippen LogP contribution is 2.19. The monoisotopic (exact) mass is 283 g/mol. The topological polar surface area (TPSA) is 85.1 Å². The van der Waals surface area contributed by atoms with Crippen molar-refractivity contribution >= 4 is 21.4 Å². The van der Waals surface area contributed by atoms with E-state index >= 15 is 0 Å². The van der Waals surface area contributed by atoms with Gasteiger partial charge in [-0.3, -0.25) is 4.98 Å². The van der Waals surface area contributed by atoms with E-state index in [0.717, 1.165) is 11.1 Å². The molecule has 0 amide bonds. The van der Waals surface area contributed by atoms with Gasteiger partial charge in [0.15, 0.2) is 0 Å². The summed E-state index contributed by atoms with van der Waals surface area (Å²) in [6.07, 6.45) is 3.25. The van der Waals surface area contributed by atoms with E-state index < -0.39 is 10.0 Å². The Morgan fingerprint density at radius 3 is 2.61 bits per heavy atom. The lowest BCUT2D eigenvalue weighted by molar-refractivity contribution is 0.583. The molecule has 2 rings (SSSR count). The van der Waals surface area contributed by atoms with E-state index in [2.05, 4.69) is 9.71 Å². The van der Waals surface area contributed by atoms with Gasteiger partial charge in [0.1, 0.15) is 4.21 Å². The molecule has 0 saturated carbocycles. The minimum absolute atomic E-state index is 0.251. The summed E-state index contributed by atoms with van der Waals surface area (Å²) in [6, 6.07) is 5.13. The van der Waals surface area contributed by atoms with E-state index in [1.54, 1.807) is 36.0 Å². The quantitative estimate of drug-likeness (QED) is 0.860. The van der Waals surface area contributed by atoms with Crippen molar-refractivity contribution in [1.82, 2.24) is 9.71 Å². The third kappa shape index (κ3) is 3.14. The standard InChI is InChI=1S/C11H13N3O2S2/c12-6-10-5-11(17-8-10)18(15,16)14-7-9-1-3-13-4-2-9/h1-5,8,14H,6-7,12H2. The molecule has 5 nitrogen and oxygen atoms in total. The van der Waals surface area contributed by atoms with Gasteiger partial charge in [0.2, 0.25) is 10.0 Å². The summed E-state index contributed by atoms with van der Waals surface area (Å²) in [4.78, 5) is 3.87. The molecule has 0 aliphatic rings. The molecule has 0 aromatic carbocycles. The predicted octanol–water partition coefficient (Wildman–Crippen LogP) is 1.08. The van der Waals surface area contributed by atoms with Crippen molar-refractivity contribution in [3.8, 4) is 0 Å². The van der Waals surface area contributed by atoms with Crippen molar-refractivity contribution in [3.05, 3.63) is 47.1 Å². The number of hydrogen-bond acceptors (Lipinski definition) is 5. The molecule has 0 atom stereocenters. The Morgan fingerprint density at radius 1 is 1.28 bits per heavy atom. The third-order valence-electron chi connectivity index (χ3n) is 2.35. The summed E-state index contributed by atoms with van der Waals surface area (Å²) in [5.41, 5.74) is 7.14. The lowest BCUT2D eigenvalue weighted by atomic mass is 10.3. The zero-order valence-corrected chi connectivity index (χ0v) is 11.2. The molecule has 0 spiro atoms. The fourth-order valence-corrected chi connectivity index (χ4v) is 3.64. The van der Waals surface area contributed by atoms with Crippen LogP contribution in [0.2, 0.25) is 0 Å². The largest absolute Gasteiger partial charge is 0.326 e. The first-order valence-electron chi connectivity index (χ1n) is 5.28. The SMILES string of the molecule is NCc1csc(S(=O)(=O)NCc2ccncc2)c1. The fraction of sp³-hybridized carbons (Fsp3) is 0.182. The first-order valence-corrected chi connectivity index (χ1v) is 7.64. The summed E-state index contributed by atoms with van der Waals surface area (Å²) in [5.74, 6) is 0. The van der Waals surface area contributed by atoms with Gasteiger partial charge in [-0.05, 0) is 34.7 Å². The van der Waals surface area contributed by atoms with Crippen LogP contribution in [0, 0.1) is 0 Å². The lowest BCUT2D eigenvalue weighted by Gasteiger charge is -2.04. The van der Waals surface area contributed by atoms with Crippen LogP contribution in [0.25, 0.3) is 0 Å². The summed E-state index contributed by atoms with van der Waals surface area (Å²) in [5, 5.41) is 1.75. The zero-order valence-electron chi connectivity index (χ0n) is 9.54. The minimum atomic E-state index is -3.46. The van der Waals surface area contributed by atoms with Crippen LogP contribution in [0.3, 0.4) is 0 Å². The number of sulfonamides is 1. The van der Waals surface area contributed by atoms with Gasteiger partial charge in [-0.2, -0.15) is 0 Å². The summed E-state index contributed by atoms with van der Waals surface area (Å²) < 4.78 is 26.8. The highest BCUT2D eigenvalue weighted by molar-refractivity contribution is 7.91. The Kier molecular flexibility index (Phi) is 4.07. The molecule has 2 aromatic rings. The molecule has 7 heteroatoms. The van der Waals surface area contributed by atoms with Crippen LogP contribution in [0.5, 0.6) is 0 Å². The molecule has 0 aliphatic carbocycles. The first kappa shape index (κ1) is 13.2. The van der Waals surface area contributed by atoms with Crippen molar-refractivity contribution in [2.24, 2.45) is 5.73 Å². The predicted molar refractivity (Wildman–Crippen MR) is 70.5 cm³/mol. The average Bonchev–Trinajstić information content (AvgIpc) is 2.87. The van der Waals surface area contributed by atoms with Gasteiger partial charge in [0.05, 0.1) is 0 Å². The number of nitrogens with one attached hydrogen (secondary N) is 1. The van der Waals surface area contributed by atoms with E-state index in [9.17, 15) is 8.42 Å². The maximum atomic E-state index is 12.0. The number of hydrogen-bond donors (Lipinski definition) is 2. The van der Waals surface area contributed by atoms with Gasteiger partial charge < -0.3 is 5.73 Å². The maximum absolute atomic E-state index is 12.0. The van der Waals surface area contributed by atoms with Gasteiger partial charge in [0, 0.05) is 25.5 Å². The molecule has 0 fully saturated rings. The van der Waals surface area contributed by atoms with Gasteiger partial charge in [-0.15, -0.1) is 11.3 Å². The lowest BCUT2D eigenvalue weighted by Crippen LogP contribution is -2.22. The molecular weight excluding hydrogens is 270 g/mol. The normalized spacial score (nSPS) is 11.6. The first-order chi connectivity index (χ1) is 8.62. The maximum Gasteiger partial charge on any atom is 0.250 e. The molecule has 96 valence electrons. The molecule has 18 heavy (non-hydrogen) atoms. The Balaban J connectivity index is 2.08. The summed E-state index contributed by atoms with van der Waals surface area (Å²) in [7, 11) is -3.46. The zero-order chi connectivity index (χ0) is 13.0. The minimum Gasteiger partial charge on any atom is -0.326 e. The van der Waals surface area contributed by atoms with Crippen LogP contribution in [-0.2, 0) is 23.1 Å². The van der Waals surface area contributed by atoms with Crippen LogP contribution in [0.1, 0.15) is 11.1 Å². The van der Waals surface area contributed by atoms with Crippen molar-refractivity contribution in [1.29, 1.82) is 0 Å². The van der Waals surface area contributed by atoms with Crippen LogP contribution in [0.4, 0.5) is 0 Å². The van der Waals surface area contributed by atoms with Gasteiger partial charge in [-0.25, -0.2) is 13.1 Å². The smallest absolute Gasteiger partial charge is 0.250 e. The number of nitrogens with two attached hydrogens (primary N) is 1. The molecule has 2 heterocycles. The number of aromatic nitrogens is 1.